The normalized spacial score (nSPS) is 13.8. The second-order valence-corrected chi connectivity index (χ2v) is 11.7. The summed E-state index contributed by atoms with van der Waals surface area (Å²) in [5.41, 5.74) is 3.84. The predicted octanol–water partition coefficient (Wildman–Crippen LogP) is 5.56. The number of nitrogens with one attached hydrogen (secondary N) is 1. The second-order valence-electron chi connectivity index (χ2n) is 8.89. The summed E-state index contributed by atoms with van der Waals surface area (Å²) < 4.78 is 39.0. The van der Waals surface area contributed by atoms with Crippen molar-refractivity contribution in [3.05, 3.63) is 94.9 Å². The minimum Gasteiger partial charge on any atom is -0.497 e. The van der Waals surface area contributed by atoms with E-state index in [0.717, 1.165) is 16.7 Å². The van der Waals surface area contributed by atoms with Gasteiger partial charge in [0.05, 0.1) is 12.0 Å². The van der Waals surface area contributed by atoms with Crippen LogP contribution in [0.25, 0.3) is 22.4 Å². The summed E-state index contributed by atoms with van der Waals surface area (Å²) >= 11 is 1.28. The summed E-state index contributed by atoms with van der Waals surface area (Å²) in [4.78, 5) is 17.5. The van der Waals surface area contributed by atoms with Crippen LogP contribution in [0.1, 0.15) is 21.5 Å². The number of sulfonamides is 1. The number of carbonyl (C=O) groups excluding carboxylic acids is 1. The Kier molecular flexibility index (Phi) is 6.22. The number of anilines is 1. The number of carbonyl (C=O) groups is 1. The molecule has 0 unspecified atom stereocenters. The number of furan rings is 1. The number of methoxy groups -OCH3 is 1. The Morgan fingerprint density at radius 1 is 1.05 bits per heavy atom. The van der Waals surface area contributed by atoms with Crippen molar-refractivity contribution in [1.29, 1.82) is 0 Å². The van der Waals surface area contributed by atoms with Crippen LogP contribution in [0.15, 0.2) is 87.5 Å². The average molecular weight is 546 g/mol. The fourth-order valence-electron chi connectivity index (χ4n) is 4.49. The van der Waals surface area contributed by atoms with Crippen LogP contribution in [-0.2, 0) is 23.0 Å². The monoisotopic (exact) mass is 545 g/mol. The maximum absolute atomic E-state index is 13.2. The highest BCUT2D eigenvalue weighted by Crippen LogP contribution is 2.32. The van der Waals surface area contributed by atoms with Gasteiger partial charge >= 0.3 is 0 Å². The van der Waals surface area contributed by atoms with E-state index in [0.29, 0.717) is 47.2 Å². The molecular formula is C28H23N3O5S2. The van der Waals surface area contributed by atoms with Crippen LogP contribution < -0.4 is 10.1 Å². The lowest BCUT2D eigenvalue weighted by atomic mass is 10.0. The minimum absolute atomic E-state index is 0.159. The number of fused-ring (bicyclic) bond motifs is 2. The van der Waals surface area contributed by atoms with E-state index in [2.05, 4.69) is 10.3 Å². The maximum Gasteiger partial charge on any atom is 0.257 e. The van der Waals surface area contributed by atoms with Crippen molar-refractivity contribution in [3.8, 4) is 17.2 Å². The van der Waals surface area contributed by atoms with Gasteiger partial charge in [0.2, 0.25) is 10.0 Å². The first-order chi connectivity index (χ1) is 18.4. The Morgan fingerprint density at radius 2 is 1.84 bits per heavy atom. The predicted molar refractivity (Wildman–Crippen MR) is 146 cm³/mol. The van der Waals surface area contributed by atoms with Crippen LogP contribution in [0.5, 0.6) is 5.75 Å². The molecule has 192 valence electrons. The van der Waals surface area contributed by atoms with E-state index in [-0.39, 0.29) is 10.8 Å². The molecule has 3 aromatic carbocycles. The zero-order chi connectivity index (χ0) is 26.3. The molecule has 2 aromatic heterocycles. The van der Waals surface area contributed by atoms with Gasteiger partial charge in [0.25, 0.3) is 5.91 Å². The molecule has 6 rings (SSSR count). The Labute approximate surface area is 223 Å². The maximum atomic E-state index is 13.2. The number of hydrogen-bond donors (Lipinski definition) is 1. The van der Waals surface area contributed by atoms with Crippen LogP contribution in [0, 0.1) is 0 Å². The number of aromatic nitrogens is 1. The molecule has 38 heavy (non-hydrogen) atoms. The zero-order valence-corrected chi connectivity index (χ0v) is 22.0. The van der Waals surface area contributed by atoms with Gasteiger partial charge in [0.15, 0.2) is 10.9 Å². The highest BCUT2D eigenvalue weighted by atomic mass is 32.2. The van der Waals surface area contributed by atoms with Gasteiger partial charge < -0.3 is 9.15 Å². The van der Waals surface area contributed by atoms with E-state index >= 15 is 0 Å². The van der Waals surface area contributed by atoms with Crippen molar-refractivity contribution >= 4 is 43.4 Å². The van der Waals surface area contributed by atoms with Crippen molar-refractivity contribution in [1.82, 2.24) is 9.29 Å². The highest BCUT2D eigenvalue weighted by molar-refractivity contribution is 7.89. The first kappa shape index (κ1) is 24.4. The van der Waals surface area contributed by atoms with Crippen LogP contribution in [0.2, 0.25) is 0 Å². The van der Waals surface area contributed by atoms with Crippen LogP contribution >= 0.6 is 11.3 Å². The summed E-state index contributed by atoms with van der Waals surface area (Å²) in [5, 5.41) is 5.88. The van der Waals surface area contributed by atoms with Crippen molar-refractivity contribution < 1.29 is 22.4 Å². The third-order valence-corrected chi connectivity index (χ3v) is 9.17. The number of benzene rings is 3. The Bertz CT molecular complexity index is 1760. The van der Waals surface area contributed by atoms with E-state index in [1.165, 1.54) is 45.5 Å². The number of rotatable bonds is 6. The van der Waals surface area contributed by atoms with E-state index in [1.54, 1.807) is 12.5 Å². The lowest BCUT2D eigenvalue weighted by molar-refractivity contribution is 0.102. The topological polar surface area (TPSA) is 102 Å². The van der Waals surface area contributed by atoms with Gasteiger partial charge in [-0.3, -0.25) is 10.1 Å². The molecule has 0 radical (unpaired) electrons. The molecule has 1 aliphatic heterocycles. The van der Waals surface area contributed by atoms with Crippen LogP contribution in [0.3, 0.4) is 0 Å². The van der Waals surface area contributed by atoms with E-state index in [4.69, 9.17) is 9.15 Å². The fraction of sp³-hybridized carbons (Fsp3) is 0.143. The first-order valence-corrected chi connectivity index (χ1v) is 14.2. The quantitative estimate of drug-likeness (QED) is 0.300. The summed E-state index contributed by atoms with van der Waals surface area (Å²) in [5.74, 6) is 0.937. The van der Waals surface area contributed by atoms with Crippen LogP contribution in [-0.4, -0.2) is 37.3 Å². The Hall–Kier alpha value is -3.99. The Balaban J connectivity index is 1.15. The third-order valence-electron chi connectivity index (χ3n) is 6.55. The van der Waals surface area contributed by atoms with Crippen molar-refractivity contribution in [2.24, 2.45) is 0 Å². The molecule has 8 nitrogen and oxygen atoms in total. The summed E-state index contributed by atoms with van der Waals surface area (Å²) in [6.07, 6.45) is 0.675. The van der Waals surface area contributed by atoms with Gasteiger partial charge in [-0.2, -0.15) is 4.31 Å². The van der Waals surface area contributed by atoms with Crippen molar-refractivity contribution in [2.75, 3.05) is 19.0 Å². The summed E-state index contributed by atoms with van der Waals surface area (Å²) in [6, 6.07) is 21.3. The van der Waals surface area contributed by atoms with Crippen LogP contribution in [0.4, 0.5) is 5.13 Å². The molecule has 1 amide bonds. The number of nitrogens with zero attached hydrogens (tertiary/aromatic N) is 2. The van der Waals surface area contributed by atoms with E-state index < -0.39 is 10.0 Å². The molecule has 10 heteroatoms. The molecule has 0 fully saturated rings. The molecule has 0 spiro atoms. The molecule has 5 aromatic rings. The molecule has 1 N–H and O–H groups in total. The molecule has 0 atom stereocenters. The average Bonchev–Trinajstić information content (AvgIpc) is 3.59. The molecule has 0 bridgehead atoms. The highest BCUT2D eigenvalue weighted by Gasteiger charge is 2.28. The summed E-state index contributed by atoms with van der Waals surface area (Å²) in [6.45, 7) is 0.763. The van der Waals surface area contributed by atoms with Gasteiger partial charge in [-0.1, -0.05) is 24.3 Å². The third kappa shape index (κ3) is 4.58. The molecule has 0 saturated heterocycles. The van der Waals surface area contributed by atoms with Gasteiger partial charge in [0.1, 0.15) is 17.0 Å². The standard InChI is InChI=1S/C28H23N3O5S2/c1-35-22-8-11-25-21(14-22)15-26(36-25)24-17-37-28(29-24)30-27(32)19-6-9-23(10-7-19)38(33,34)31-13-12-18-4-2-3-5-20(18)16-31/h2-11,14-15,17H,12-13,16H2,1H3,(H,29,30,32). The fourth-order valence-corrected chi connectivity index (χ4v) is 6.60. The lowest BCUT2D eigenvalue weighted by Crippen LogP contribution is -2.35. The van der Waals surface area contributed by atoms with Gasteiger partial charge in [0, 0.05) is 29.4 Å². The number of amides is 1. The SMILES string of the molecule is COc1ccc2oc(-c3csc(NC(=O)c4ccc(S(=O)(=O)N5CCc6ccccc6C5)cc4)n3)cc2c1. The largest absolute Gasteiger partial charge is 0.497 e. The van der Waals surface area contributed by atoms with Crippen molar-refractivity contribution in [3.63, 3.8) is 0 Å². The van der Waals surface area contributed by atoms with E-state index in [9.17, 15) is 13.2 Å². The minimum atomic E-state index is -3.68. The second kappa shape index (κ2) is 9.71. The molecule has 0 saturated carbocycles. The zero-order valence-electron chi connectivity index (χ0n) is 20.4. The Morgan fingerprint density at radius 3 is 2.63 bits per heavy atom. The molecule has 0 aliphatic carbocycles. The van der Waals surface area contributed by atoms with Gasteiger partial charge in [-0.25, -0.2) is 13.4 Å². The molecule has 3 heterocycles. The molecular weight excluding hydrogens is 522 g/mol. The summed E-state index contributed by atoms with van der Waals surface area (Å²) in [7, 11) is -2.07. The first-order valence-electron chi connectivity index (χ1n) is 11.9. The smallest absolute Gasteiger partial charge is 0.257 e. The number of thiazole rings is 1. The van der Waals surface area contributed by atoms with Gasteiger partial charge in [-0.15, -0.1) is 11.3 Å². The molecule has 1 aliphatic rings. The number of hydrogen-bond acceptors (Lipinski definition) is 7. The van der Waals surface area contributed by atoms with Crippen molar-refractivity contribution in [2.45, 2.75) is 17.9 Å². The lowest BCUT2D eigenvalue weighted by Gasteiger charge is -2.28. The van der Waals surface area contributed by atoms with E-state index in [1.807, 2.05) is 48.5 Å². The number of ether oxygens (including phenoxy) is 1. The van der Waals surface area contributed by atoms with Gasteiger partial charge in [-0.05, 0) is 66.1 Å².